The van der Waals surface area contributed by atoms with Crippen LogP contribution < -0.4 is 17.2 Å². The molecule has 0 saturated carbocycles. The van der Waals surface area contributed by atoms with Crippen LogP contribution in [0.2, 0.25) is 0 Å². The molecule has 0 aliphatic carbocycles. The molecule has 0 unspecified atom stereocenters. The number of anilines is 1. The fraction of sp³-hybridized carbons (Fsp3) is 0.132. The molecular formula is C38H37N5O5. The molecule has 6 rings (SSSR count). The Balaban J connectivity index is 0.000000190. The van der Waals surface area contributed by atoms with Gasteiger partial charge >= 0.3 is 0 Å². The summed E-state index contributed by atoms with van der Waals surface area (Å²) in [5.41, 5.74) is 26.0. The average molecular weight is 644 g/mol. The minimum absolute atomic E-state index is 0.00715. The van der Waals surface area contributed by atoms with Crippen molar-refractivity contribution in [1.82, 2.24) is 9.97 Å². The standard InChI is InChI=1S/C21H20N2O3.C17H17N3O2/c1-2-16(25)11-13-4-3-5-14(10-13)17-6-7-18(21(22)26)20-19(17)12-15(23-20)8-9-24;18-11-3-1-2-10(8-11)13-4-5-14(17(19)22)16-15(13)9-12(20-16)6-7-21/h2-7,10,12,23-24H,1,8-9,11H2,(H2,22,26);1-5,8-9,20-21H,6-7,18H2,(H2,19,22). The number of aliphatic hydroxyl groups is 2. The first-order chi connectivity index (χ1) is 23.1. The number of amides is 2. The van der Waals surface area contributed by atoms with E-state index in [1.165, 1.54) is 6.08 Å². The number of allylic oxidation sites excluding steroid dienone is 1. The third-order valence-corrected chi connectivity index (χ3v) is 8.03. The van der Waals surface area contributed by atoms with Crippen molar-refractivity contribution in [1.29, 1.82) is 0 Å². The highest BCUT2D eigenvalue weighted by molar-refractivity contribution is 6.10. The van der Waals surface area contributed by atoms with E-state index in [1.54, 1.807) is 12.1 Å². The number of carbonyl (C=O) groups excluding carboxylic acids is 3. The lowest BCUT2D eigenvalue weighted by Gasteiger charge is -2.08. The van der Waals surface area contributed by atoms with E-state index in [0.717, 1.165) is 50.0 Å². The van der Waals surface area contributed by atoms with Crippen molar-refractivity contribution in [3.8, 4) is 22.3 Å². The summed E-state index contributed by atoms with van der Waals surface area (Å²) in [6, 6.07) is 26.3. The molecule has 0 radical (unpaired) electrons. The van der Waals surface area contributed by atoms with Gasteiger partial charge in [-0.05, 0) is 70.3 Å². The number of ketones is 1. The van der Waals surface area contributed by atoms with Gasteiger partial charge in [0.15, 0.2) is 5.78 Å². The number of aliphatic hydroxyl groups excluding tert-OH is 2. The molecule has 10 heteroatoms. The summed E-state index contributed by atoms with van der Waals surface area (Å²) in [6.45, 7) is 3.55. The molecule has 2 amide bonds. The van der Waals surface area contributed by atoms with Crippen molar-refractivity contribution >= 4 is 45.1 Å². The summed E-state index contributed by atoms with van der Waals surface area (Å²) < 4.78 is 0. The summed E-state index contributed by atoms with van der Waals surface area (Å²) >= 11 is 0. The monoisotopic (exact) mass is 643 g/mol. The number of primary amides is 2. The lowest BCUT2D eigenvalue weighted by Crippen LogP contribution is -2.11. The van der Waals surface area contributed by atoms with E-state index in [2.05, 4.69) is 16.5 Å². The van der Waals surface area contributed by atoms with Crippen LogP contribution in [-0.2, 0) is 24.1 Å². The molecule has 2 heterocycles. The largest absolute Gasteiger partial charge is 0.399 e. The van der Waals surface area contributed by atoms with Crippen LogP contribution in [0.3, 0.4) is 0 Å². The Morgan fingerprint density at radius 2 is 1.19 bits per heavy atom. The lowest BCUT2D eigenvalue weighted by atomic mass is 9.96. The van der Waals surface area contributed by atoms with Crippen molar-refractivity contribution in [2.24, 2.45) is 11.5 Å². The molecule has 0 atom stereocenters. The van der Waals surface area contributed by atoms with Gasteiger partial charge in [-0.2, -0.15) is 0 Å². The van der Waals surface area contributed by atoms with Crippen molar-refractivity contribution < 1.29 is 24.6 Å². The van der Waals surface area contributed by atoms with Crippen LogP contribution in [0.5, 0.6) is 0 Å². The molecular weight excluding hydrogens is 606 g/mol. The van der Waals surface area contributed by atoms with Gasteiger partial charge < -0.3 is 37.4 Å². The second-order valence-corrected chi connectivity index (χ2v) is 11.3. The Labute approximate surface area is 276 Å². The van der Waals surface area contributed by atoms with Crippen LogP contribution in [0.15, 0.2) is 97.6 Å². The Morgan fingerprint density at radius 3 is 1.65 bits per heavy atom. The molecule has 10 nitrogen and oxygen atoms in total. The van der Waals surface area contributed by atoms with E-state index in [4.69, 9.17) is 22.3 Å². The molecule has 2 aromatic heterocycles. The lowest BCUT2D eigenvalue weighted by molar-refractivity contribution is -0.114. The average Bonchev–Trinajstić information content (AvgIpc) is 3.68. The van der Waals surface area contributed by atoms with E-state index in [1.807, 2.05) is 72.8 Å². The number of H-pyrrole nitrogens is 2. The van der Waals surface area contributed by atoms with Crippen LogP contribution >= 0.6 is 0 Å². The van der Waals surface area contributed by atoms with Gasteiger partial charge in [-0.25, -0.2) is 0 Å². The van der Waals surface area contributed by atoms with Crippen LogP contribution in [0.1, 0.15) is 37.7 Å². The maximum absolute atomic E-state index is 11.7. The number of hydrogen-bond acceptors (Lipinski definition) is 6. The number of fused-ring (bicyclic) bond motifs is 2. The summed E-state index contributed by atoms with van der Waals surface area (Å²) in [5, 5.41) is 20.1. The van der Waals surface area contributed by atoms with E-state index in [-0.39, 0.29) is 19.0 Å². The van der Waals surface area contributed by atoms with Gasteiger partial charge in [-0.3, -0.25) is 14.4 Å². The number of nitrogens with one attached hydrogen (secondary N) is 2. The topological polar surface area (TPSA) is 201 Å². The molecule has 0 saturated heterocycles. The highest BCUT2D eigenvalue weighted by atomic mass is 16.3. The van der Waals surface area contributed by atoms with Gasteiger partial charge in [0, 0.05) is 60.3 Å². The molecule has 4 aromatic carbocycles. The number of carbonyl (C=O) groups is 3. The summed E-state index contributed by atoms with van der Waals surface area (Å²) in [5.74, 6) is -1.03. The minimum atomic E-state index is -0.510. The van der Waals surface area contributed by atoms with Gasteiger partial charge in [0.05, 0.1) is 22.2 Å². The Kier molecular flexibility index (Phi) is 10.2. The molecule has 6 aromatic rings. The Morgan fingerprint density at radius 1 is 0.688 bits per heavy atom. The first kappa shape index (κ1) is 33.4. The number of benzene rings is 4. The predicted molar refractivity (Wildman–Crippen MR) is 189 cm³/mol. The van der Waals surface area contributed by atoms with Crippen LogP contribution in [-0.4, -0.2) is 51.0 Å². The van der Waals surface area contributed by atoms with Crippen molar-refractivity contribution in [2.45, 2.75) is 19.3 Å². The van der Waals surface area contributed by atoms with Gasteiger partial charge in [0.1, 0.15) is 0 Å². The molecule has 244 valence electrons. The van der Waals surface area contributed by atoms with E-state index < -0.39 is 11.8 Å². The molecule has 0 fully saturated rings. The van der Waals surface area contributed by atoms with Gasteiger partial charge in [0.25, 0.3) is 11.8 Å². The number of hydrogen-bond donors (Lipinski definition) is 7. The smallest absolute Gasteiger partial charge is 0.250 e. The minimum Gasteiger partial charge on any atom is -0.399 e. The van der Waals surface area contributed by atoms with Gasteiger partial charge in [-0.15, -0.1) is 0 Å². The van der Waals surface area contributed by atoms with Gasteiger partial charge in [0.2, 0.25) is 0 Å². The highest BCUT2D eigenvalue weighted by Crippen LogP contribution is 2.34. The normalized spacial score (nSPS) is 10.9. The number of rotatable bonds is 11. The molecule has 0 aliphatic heterocycles. The van der Waals surface area contributed by atoms with Crippen molar-refractivity contribution in [3.05, 3.63) is 126 Å². The maximum Gasteiger partial charge on any atom is 0.250 e. The molecule has 0 bridgehead atoms. The molecule has 0 spiro atoms. The highest BCUT2D eigenvalue weighted by Gasteiger charge is 2.16. The second kappa shape index (κ2) is 14.6. The van der Waals surface area contributed by atoms with E-state index in [9.17, 15) is 19.5 Å². The Hall–Kier alpha value is -5.97. The zero-order chi connectivity index (χ0) is 34.4. The van der Waals surface area contributed by atoms with Crippen molar-refractivity contribution in [3.63, 3.8) is 0 Å². The number of nitrogen functional groups attached to an aromatic ring is 1. The molecule has 10 N–H and O–H groups in total. The summed E-state index contributed by atoms with van der Waals surface area (Å²) in [6.07, 6.45) is 2.56. The SMILES string of the molecule is C=CC(=O)Cc1cccc(-c2ccc(C(N)=O)c3[nH]c(CCO)cc23)c1.NC(=O)c1ccc(-c2cccc(N)c2)c2cc(CCO)[nH]c12. The predicted octanol–water partition coefficient (Wildman–Crippen LogP) is 4.82. The number of aromatic amines is 2. The van der Waals surface area contributed by atoms with Crippen LogP contribution in [0.4, 0.5) is 5.69 Å². The zero-order valence-corrected chi connectivity index (χ0v) is 26.3. The third kappa shape index (κ3) is 7.20. The van der Waals surface area contributed by atoms with E-state index >= 15 is 0 Å². The molecule has 0 aliphatic rings. The Bertz CT molecular complexity index is 2160. The fourth-order valence-electron chi connectivity index (χ4n) is 5.80. The number of nitrogens with two attached hydrogens (primary N) is 3. The summed E-state index contributed by atoms with van der Waals surface area (Å²) in [7, 11) is 0. The fourth-order valence-corrected chi connectivity index (χ4v) is 5.80. The second-order valence-electron chi connectivity index (χ2n) is 11.3. The van der Waals surface area contributed by atoms with Gasteiger partial charge in [-0.1, -0.05) is 55.1 Å². The van der Waals surface area contributed by atoms with Crippen LogP contribution in [0, 0.1) is 0 Å². The van der Waals surface area contributed by atoms with E-state index in [0.29, 0.717) is 47.1 Å². The third-order valence-electron chi connectivity index (χ3n) is 8.03. The molecule has 48 heavy (non-hydrogen) atoms. The quantitative estimate of drug-likeness (QED) is 0.0779. The maximum atomic E-state index is 11.7. The first-order valence-electron chi connectivity index (χ1n) is 15.3. The summed E-state index contributed by atoms with van der Waals surface area (Å²) in [4.78, 5) is 41.4. The van der Waals surface area contributed by atoms with Crippen molar-refractivity contribution in [2.75, 3.05) is 18.9 Å². The zero-order valence-electron chi connectivity index (χ0n) is 26.3. The first-order valence-corrected chi connectivity index (χ1v) is 15.3. The van der Waals surface area contributed by atoms with Crippen LogP contribution in [0.25, 0.3) is 44.1 Å². The number of aromatic nitrogens is 2.